The summed E-state index contributed by atoms with van der Waals surface area (Å²) in [7, 11) is 0. The lowest BCUT2D eigenvalue weighted by atomic mass is 9.92. The van der Waals surface area contributed by atoms with Crippen LogP contribution in [0.25, 0.3) is 0 Å². The molecule has 3 heteroatoms. The minimum atomic E-state index is -0.193. The Kier molecular flexibility index (Phi) is 6.21. The van der Waals surface area contributed by atoms with E-state index >= 15 is 0 Å². The molecule has 0 amide bonds. The van der Waals surface area contributed by atoms with E-state index in [0.29, 0.717) is 5.92 Å². The van der Waals surface area contributed by atoms with Gasteiger partial charge in [0.1, 0.15) is 5.82 Å². The van der Waals surface area contributed by atoms with Crippen molar-refractivity contribution in [2.24, 2.45) is 0 Å². The molecule has 2 aromatic carbocycles. The van der Waals surface area contributed by atoms with Gasteiger partial charge in [-0.1, -0.05) is 42.8 Å². The predicted octanol–water partition coefficient (Wildman–Crippen LogP) is 4.81. The van der Waals surface area contributed by atoms with Crippen LogP contribution in [-0.4, -0.2) is 13.1 Å². The van der Waals surface area contributed by atoms with Crippen molar-refractivity contribution in [1.29, 1.82) is 0 Å². The average molecular weight is 306 g/mol. The fourth-order valence-electron chi connectivity index (χ4n) is 2.44. The van der Waals surface area contributed by atoms with Crippen molar-refractivity contribution in [3.05, 3.63) is 70.5 Å². The quantitative estimate of drug-likeness (QED) is 0.724. The highest BCUT2D eigenvalue weighted by molar-refractivity contribution is 6.30. The molecule has 0 fully saturated rings. The highest BCUT2D eigenvalue weighted by atomic mass is 35.5. The van der Waals surface area contributed by atoms with Gasteiger partial charge in [-0.2, -0.15) is 0 Å². The van der Waals surface area contributed by atoms with Crippen molar-refractivity contribution in [2.45, 2.75) is 25.7 Å². The van der Waals surface area contributed by atoms with Gasteiger partial charge in [-0.25, -0.2) is 4.39 Å². The first-order valence-electron chi connectivity index (χ1n) is 7.39. The maximum atomic E-state index is 13.1. The van der Waals surface area contributed by atoms with Gasteiger partial charge in [0.2, 0.25) is 0 Å². The van der Waals surface area contributed by atoms with Crippen molar-refractivity contribution in [1.82, 2.24) is 5.32 Å². The molecule has 0 spiro atoms. The summed E-state index contributed by atoms with van der Waals surface area (Å²) in [6.45, 7) is 4.02. The second kappa shape index (κ2) is 8.16. The van der Waals surface area contributed by atoms with E-state index in [2.05, 4.69) is 18.3 Å². The summed E-state index contributed by atoms with van der Waals surface area (Å²) in [5.41, 5.74) is 2.36. The van der Waals surface area contributed by atoms with E-state index in [0.717, 1.165) is 36.5 Å². The number of halogens is 2. The SMILES string of the molecule is CCCNCC(Cc1cccc(Cl)c1)c1ccc(F)cc1. The Morgan fingerprint density at radius 2 is 1.90 bits per heavy atom. The molecule has 0 heterocycles. The Hall–Kier alpha value is -1.38. The molecular weight excluding hydrogens is 285 g/mol. The Morgan fingerprint density at radius 1 is 1.14 bits per heavy atom. The standard InChI is InChI=1S/C18H21ClFN/c1-2-10-21-13-16(15-6-8-18(20)9-7-15)11-14-4-3-5-17(19)12-14/h3-9,12,16,21H,2,10-11,13H2,1H3. The maximum absolute atomic E-state index is 13.1. The topological polar surface area (TPSA) is 12.0 Å². The van der Waals surface area contributed by atoms with Crippen LogP contribution >= 0.6 is 11.6 Å². The zero-order valence-corrected chi connectivity index (χ0v) is 13.0. The van der Waals surface area contributed by atoms with Crippen molar-refractivity contribution in [2.75, 3.05) is 13.1 Å². The van der Waals surface area contributed by atoms with Crippen molar-refractivity contribution in [3.8, 4) is 0 Å². The summed E-state index contributed by atoms with van der Waals surface area (Å²) >= 11 is 6.06. The van der Waals surface area contributed by atoms with Crippen LogP contribution in [0.4, 0.5) is 4.39 Å². The minimum absolute atomic E-state index is 0.193. The number of hydrogen-bond acceptors (Lipinski definition) is 1. The third kappa shape index (κ3) is 5.14. The van der Waals surface area contributed by atoms with Gasteiger partial charge >= 0.3 is 0 Å². The second-order valence-corrected chi connectivity index (χ2v) is 5.72. The van der Waals surface area contributed by atoms with Crippen molar-refractivity contribution >= 4 is 11.6 Å². The normalized spacial score (nSPS) is 12.3. The molecule has 0 aliphatic rings. The van der Waals surface area contributed by atoms with Crippen molar-refractivity contribution in [3.63, 3.8) is 0 Å². The van der Waals surface area contributed by atoms with Crippen molar-refractivity contribution < 1.29 is 4.39 Å². The maximum Gasteiger partial charge on any atom is 0.123 e. The van der Waals surface area contributed by atoms with Gasteiger partial charge < -0.3 is 5.32 Å². The van der Waals surface area contributed by atoms with Crippen LogP contribution in [0.5, 0.6) is 0 Å². The molecule has 1 nitrogen and oxygen atoms in total. The first kappa shape index (κ1) is 16.0. The number of benzene rings is 2. The van der Waals surface area contributed by atoms with E-state index in [1.165, 1.54) is 17.7 Å². The minimum Gasteiger partial charge on any atom is -0.316 e. The van der Waals surface area contributed by atoms with Crippen LogP contribution in [0.15, 0.2) is 48.5 Å². The summed E-state index contributed by atoms with van der Waals surface area (Å²) in [6, 6.07) is 14.7. The monoisotopic (exact) mass is 305 g/mol. The van der Waals surface area contributed by atoms with E-state index in [1.54, 1.807) is 0 Å². The fraction of sp³-hybridized carbons (Fsp3) is 0.333. The zero-order chi connectivity index (χ0) is 15.1. The molecule has 21 heavy (non-hydrogen) atoms. The summed E-state index contributed by atoms with van der Waals surface area (Å²) in [5.74, 6) is 0.123. The highest BCUT2D eigenvalue weighted by Gasteiger charge is 2.12. The van der Waals surface area contributed by atoms with Crippen LogP contribution in [0.2, 0.25) is 5.02 Å². The van der Waals surface area contributed by atoms with Gasteiger partial charge in [0.15, 0.2) is 0 Å². The Morgan fingerprint density at radius 3 is 2.57 bits per heavy atom. The van der Waals surface area contributed by atoms with Gasteiger partial charge in [0.25, 0.3) is 0 Å². The first-order chi connectivity index (χ1) is 10.2. The van der Waals surface area contributed by atoms with Gasteiger partial charge in [-0.05, 0) is 54.8 Å². The molecule has 1 atom stereocenters. The fourth-order valence-corrected chi connectivity index (χ4v) is 2.66. The predicted molar refractivity (Wildman–Crippen MR) is 87.5 cm³/mol. The van der Waals surface area contributed by atoms with Crippen LogP contribution in [-0.2, 0) is 6.42 Å². The number of hydrogen-bond donors (Lipinski definition) is 1. The molecule has 2 aromatic rings. The Labute approximate surface area is 131 Å². The smallest absolute Gasteiger partial charge is 0.123 e. The molecule has 112 valence electrons. The zero-order valence-electron chi connectivity index (χ0n) is 12.3. The molecule has 0 radical (unpaired) electrons. The molecule has 1 unspecified atom stereocenters. The summed E-state index contributed by atoms with van der Waals surface area (Å²) in [5, 5.41) is 4.21. The molecule has 0 saturated carbocycles. The third-order valence-electron chi connectivity index (χ3n) is 3.53. The van der Waals surface area contributed by atoms with Gasteiger partial charge in [-0.3, -0.25) is 0 Å². The second-order valence-electron chi connectivity index (χ2n) is 5.29. The lowest BCUT2D eigenvalue weighted by Crippen LogP contribution is -2.23. The van der Waals surface area contributed by atoms with Gasteiger partial charge in [0.05, 0.1) is 0 Å². The number of rotatable bonds is 7. The van der Waals surface area contributed by atoms with E-state index in [1.807, 2.05) is 30.3 Å². The van der Waals surface area contributed by atoms with E-state index < -0.39 is 0 Å². The molecule has 0 aromatic heterocycles. The summed E-state index contributed by atoms with van der Waals surface area (Å²) in [6.07, 6.45) is 2.00. The molecule has 2 rings (SSSR count). The largest absolute Gasteiger partial charge is 0.316 e. The van der Waals surface area contributed by atoms with E-state index in [9.17, 15) is 4.39 Å². The molecule has 0 saturated heterocycles. The first-order valence-corrected chi connectivity index (χ1v) is 7.77. The molecule has 0 aliphatic heterocycles. The lowest BCUT2D eigenvalue weighted by molar-refractivity contribution is 0.574. The molecular formula is C18H21ClFN. The highest BCUT2D eigenvalue weighted by Crippen LogP contribution is 2.22. The van der Waals surface area contributed by atoms with Crippen LogP contribution in [0.3, 0.4) is 0 Å². The summed E-state index contributed by atoms with van der Waals surface area (Å²) in [4.78, 5) is 0. The van der Waals surface area contributed by atoms with Crippen LogP contribution in [0.1, 0.15) is 30.4 Å². The van der Waals surface area contributed by atoms with Gasteiger partial charge in [-0.15, -0.1) is 0 Å². The molecule has 0 aliphatic carbocycles. The lowest BCUT2D eigenvalue weighted by Gasteiger charge is -2.18. The Balaban J connectivity index is 2.13. The van der Waals surface area contributed by atoms with Gasteiger partial charge in [0, 0.05) is 17.5 Å². The molecule has 1 N–H and O–H groups in total. The number of nitrogens with one attached hydrogen (secondary N) is 1. The third-order valence-corrected chi connectivity index (χ3v) is 3.77. The Bertz CT molecular complexity index is 553. The van der Waals surface area contributed by atoms with Crippen LogP contribution in [0, 0.1) is 5.82 Å². The summed E-state index contributed by atoms with van der Waals surface area (Å²) < 4.78 is 13.1. The molecule has 0 bridgehead atoms. The average Bonchev–Trinajstić information content (AvgIpc) is 2.47. The van der Waals surface area contributed by atoms with Crippen LogP contribution < -0.4 is 5.32 Å². The van der Waals surface area contributed by atoms with E-state index in [-0.39, 0.29) is 5.82 Å². The van der Waals surface area contributed by atoms with E-state index in [4.69, 9.17) is 11.6 Å².